The van der Waals surface area contributed by atoms with Crippen molar-refractivity contribution in [2.75, 3.05) is 25.0 Å². The van der Waals surface area contributed by atoms with Gasteiger partial charge in [0.15, 0.2) is 0 Å². The number of nitrogens with one attached hydrogen (secondary N) is 3. The highest BCUT2D eigenvalue weighted by Crippen LogP contribution is 2.42. The molecular weight excluding hydrogens is 468 g/mol. The van der Waals surface area contributed by atoms with Crippen LogP contribution in [0.25, 0.3) is 22.2 Å². The topological polar surface area (TPSA) is 68.9 Å². The number of benzene rings is 2. The van der Waals surface area contributed by atoms with Gasteiger partial charge in [-0.05, 0) is 74.4 Å². The predicted molar refractivity (Wildman–Crippen MR) is 148 cm³/mol. The van der Waals surface area contributed by atoms with E-state index < -0.39 is 0 Å². The largest absolute Gasteiger partial charge is 0.360 e. The Balaban J connectivity index is 1.31. The molecule has 3 N–H and O–H groups in total. The minimum absolute atomic E-state index is 0.132. The summed E-state index contributed by atoms with van der Waals surface area (Å²) in [5, 5.41) is 8.65. The Labute approximate surface area is 217 Å². The lowest BCUT2D eigenvalue weighted by atomic mass is 9.98. The molecule has 0 bridgehead atoms. The molecule has 3 heterocycles. The van der Waals surface area contributed by atoms with Gasteiger partial charge in [-0.15, -0.1) is 0 Å². The van der Waals surface area contributed by atoms with Crippen LogP contribution in [0, 0.1) is 6.92 Å². The zero-order valence-electron chi connectivity index (χ0n) is 21.2. The number of rotatable bonds is 6. The number of hydrogen-bond acceptors (Lipinski definition) is 5. The molecule has 7 heteroatoms. The quantitative estimate of drug-likeness (QED) is 0.286. The van der Waals surface area contributed by atoms with Gasteiger partial charge >= 0.3 is 0 Å². The molecule has 0 spiro atoms. The monoisotopic (exact) mass is 500 g/mol. The number of aromatic amines is 1. The first-order valence-corrected chi connectivity index (χ1v) is 13.2. The van der Waals surface area contributed by atoms with E-state index in [2.05, 4.69) is 82.7 Å². The molecule has 36 heavy (non-hydrogen) atoms. The zero-order chi connectivity index (χ0) is 24.9. The van der Waals surface area contributed by atoms with Crippen LogP contribution < -0.4 is 10.6 Å². The molecule has 0 atom stereocenters. The fourth-order valence-electron chi connectivity index (χ4n) is 5.25. The van der Waals surface area contributed by atoms with E-state index in [0.29, 0.717) is 16.9 Å². The number of H-pyrrole nitrogens is 1. The Morgan fingerprint density at radius 2 is 2.03 bits per heavy atom. The number of piperazine rings is 1. The molecule has 2 aromatic heterocycles. The minimum atomic E-state index is 0.132. The van der Waals surface area contributed by atoms with Crippen molar-refractivity contribution < 1.29 is 0 Å². The number of halogens is 1. The molecule has 1 saturated heterocycles. The summed E-state index contributed by atoms with van der Waals surface area (Å²) in [5.74, 6) is 1.22. The molecular formula is C29H33ClN6. The maximum Gasteiger partial charge on any atom is 0.227 e. The minimum Gasteiger partial charge on any atom is -0.360 e. The Morgan fingerprint density at radius 3 is 2.83 bits per heavy atom. The lowest BCUT2D eigenvalue weighted by molar-refractivity contribution is 0.0827. The van der Waals surface area contributed by atoms with Crippen LogP contribution in [0.3, 0.4) is 0 Å². The van der Waals surface area contributed by atoms with Crippen LogP contribution in [0.15, 0.2) is 48.8 Å². The molecule has 0 radical (unpaired) electrons. The summed E-state index contributed by atoms with van der Waals surface area (Å²) in [4.78, 5) is 15.3. The highest BCUT2D eigenvalue weighted by atomic mass is 35.5. The van der Waals surface area contributed by atoms with E-state index >= 15 is 0 Å². The number of aromatic nitrogens is 3. The smallest absolute Gasteiger partial charge is 0.227 e. The molecule has 1 aliphatic carbocycles. The highest BCUT2D eigenvalue weighted by Gasteiger charge is 2.30. The summed E-state index contributed by atoms with van der Waals surface area (Å²) in [5.41, 5.74) is 7.90. The van der Waals surface area contributed by atoms with E-state index in [1.54, 1.807) is 6.20 Å². The maximum absolute atomic E-state index is 6.58. The molecule has 0 unspecified atom stereocenters. The first-order chi connectivity index (χ1) is 17.4. The van der Waals surface area contributed by atoms with Crippen molar-refractivity contribution >= 4 is 34.1 Å². The molecule has 4 aromatic rings. The second-order valence-electron chi connectivity index (χ2n) is 10.9. The molecule has 0 amide bonds. The number of nitrogens with zero attached hydrogens (tertiary/aromatic N) is 3. The van der Waals surface area contributed by atoms with Crippen LogP contribution in [0.1, 0.15) is 49.3 Å². The van der Waals surface area contributed by atoms with E-state index in [4.69, 9.17) is 16.6 Å². The SMILES string of the molecule is Cc1ccc2c(-c3nc(Nc4cc(CN5CCNCC5(C)C)cc(C5CC5)c4)ncc3Cl)c[nH]c2c1. The molecule has 186 valence electrons. The zero-order valence-corrected chi connectivity index (χ0v) is 21.9. The van der Waals surface area contributed by atoms with E-state index in [1.807, 2.05) is 6.20 Å². The Morgan fingerprint density at radius 1 is 1.17 bits per heavy atom. The maximum atomic E-state index is 6.58. The Hall–Kier alpha value is -2.93. The average Bonchev–Trinajstić information content (AvgIpc) is 3.62. The molecule has 1 aliphatic heterocycles. The van der Waals surface area contributed by atoms with Crippen LogP contribution in [0.5, 0.6) is 0 Å². The number of hydrogen-bond donors (Lipinski definition) is 3. The van der Waals surface area contributed by atoms with Gasteiger partial charge < -0.3 is 15.6 Å². The lowest BCUT2D eigenvalue weighted by Crippen LogP contribution is -2.57. The van der Waals surface area contributed by atoms with Gasteiger partial charge in [-0.25, -0.2) is 9.97 Å². The molecule has 2 aliphatic rings. The van der Waals surface area contributed by atoms with Crippen molar-refractivity contribution in [2.45, 2.75) is 51.6 Å². The van der Waals surface area contributed by atoms with Gasteiger partial charge in [0.05, 0.1) is 16.9 Å². The highest BCUT2D eigenvalue weighted by molar-refractivity contribution is 6.33. The van der Waals surface area contributed by atoms with E-state index in [-0.39, 0.29) is 5.54 Å². The van der Waals surface area contributed by atoms with E-state index in [9.17, 15) is 0 Å². The second-order valence-corrected chi connectivity index (χ2v) is 11.3. The summed E-state index contributed by atoms with van der Waals surface area (Å²) in [7, 11) is 0. The molecule has 2 fully saturated rings. The third-order valence-corrected chi connectivity index (χ3v) is 7.78. The van der Waals surface area contributed by atoms with Crippen molar-refractivity contribution in [1.29, 1.82) is 0 Å². The van der Waals surface area contributed by atoms with Gasteiger partial charge in [0.25, 0.3) is 0 Å². The van der Waals surface area contributed by atoms with Crippen molar-refractivity contribution in [3.63, 3.8) is 0 Å². The van der Waals surface area contributed by atoms with Gasteiger partial charge in [0, 0.05) is 60.1 Å². The van der Waals surface area contributed by atoms with Crippen LogP contribution in [0.2, 0.25) is 5.02 Å². The van der Waals surface area contributed by atoms with Gasteiger partial charge in [-0.3, -0.25) is 4.90 Å². The summed E-state index contributed by atoms with van der Waals surface area (Å²) >= 11 is 6.58. The number of fused-ring (bicyclic) bond motifs is 1. The van der Waals surface area contributed by atoms with Gasteiger partial charge in [0.1, 0.15) is 0 Å². The molecule has 2 aromatic carbocycles. The molecule has 6 rings (SSSR count). The van der Waals surface area contributed by atoms with E-state index in [1.165, 1.54) is 29.5 Å². The van der Waals surface area contributed by atoms with Crippen molar-refractivity contribution in [3.8, 4) is 11.3 Å². The standard InChI is InChI=1S/C29H33ClN6/c1-18-4-7-23-24(14-32-26(23)10-18)27-25(30)15-33-28(35-27)34-22-12-19(11-21(13-22)20-5-6-20)16-36-9-8-31-17-29(36,2)3/h4,7,10-15,20,31-32H,5-6,8-9,16-17H2,1-3H3,(H,33,34,35). The lowest BCUT2D eigenvalue weighted by Gasteiger charge is -2.43. The van der Waals surface area contributed by atoms with Crippen molar-refractivity contribution in [3.05, 3.63) is 70.5 Å². The predicted octanol–water partition coefficient (Wildman–Crippen LogP) is 6.39. The summed E-state index contributed by atoms with van der Waals surface area (Å²) < 4.78 is 0. The summed E-state index contributed by atoms with van der Waals surface area (Å²) in [6.45, 7) is 10.8. The van der Waals surface area contributed by atoms with Crippen LogP contribution in [-0.2, 0) is 6.54 Å². The van der Waals surface area contributed by atoms with Crippen LogP contribution in [-0.4, -0.2) is 45.0 Å². The van der Waals surface area contributed by atoms with Crippen molar-refractivity contribution in [2.24, 2.45) is 0 Å². The van der Waals surface area contributed by atoms with Gasteiger partial charge in [-0.2, -0.15) is 0 Å². The van der Waals surface area contributed by atoms with Crippen molar-refractivity contribution in [1.82, 2.24) is 25.2 Å². The van der Waals surface area contributed by atoms with Gasteiger partial charge in [0.2, 0.25) is 5.95 Å². The van der Waals surface area contributed by atoms with E-state index in [0.717, 1.165) is 54.0 Å². The fourth-order valence-corrected chi connectivity index (χ4v) is 5.44. The molecule has 1 saturated carbocycles. The summed E-state index contributed by atoms with van der Waals surface area (Å²) in [6, 6.07) is 13.3. The first-order valence-electron chi connectivity index (χ1n) is 12.8. The normalized spacial score (nSPS) is 18.0. The number of anilines is 2. The third kappa shape index (κ3) is 4.73. The summed E-state index contributed by atoms with van der Waals surface area (Å²) in [6.07, 6.45) is 6.20. The Bertz CT molecular complexity index is 1420. The average molecular weight is 501 g/mol. The third-order valence-electron chi connectivity index (χ3n) is 7.50. The fraction of sp³-hybridized carbons (Fsp3) is 0.379. The first kappa shape index (κ1) is 23.5. The Kier molecular flexibility index (Phi) is 5.98. The number of aryl methyl sites for hydroxylation is 1. The van der Waals surface area contributed by atoms with Crippen LogP contribution in [0.4, 0.5) is 11.6 Å². The van der Waals surface area contributed by atoms with Crippen LogP contribution >= 0.6 is 11.6 Å². The second kappa shape index (κ2) is 9.18. The van der Waals surface area contributed by atoms with Gasteiger partial charge in [-0.1, -0.05) is 29.8 Å². The molecule has 6 nitrogen and oxygen atoms in total.